The topological polar surface area (TPSA) is 75.7 Å². The molecule has 0 aromatic heterocycles. The summed E-state index contributed by atoms with van der Waals surface area (Å²) in [6.07, 6.45) is 1.10. The summed E-state index contributed by atoms with van der Waals surface area (Å²) in [5.41, 5.74) is -0.233. The van der Waals surface area contributed by atoms with Crippen LogP contribution in [-0.2, 0) is 20.5 Å². The van der Waals surface area contributed by atoms with Gasteiger partial charge in [0.15, 0.2) is 0 Å². The maximum Gasteiger partial charge on any atom is 0.410 e. The molecule has 2 rings (SSSR count). The van der Waals surface area contributed by atoms with Gasteiger partial charge >= 0.3 is 6.09 Å². The van der Waals surface area contributed by atoms with E-state index in [1.165, 1.54) is 0 Å². The first-order valence-corrected chi connectivity index (χ1v) is 10.8. The third kappa shape index (κ3) is 6.01. The molecule has 1 saturated heterocycles. The molecule has 1 amide bonds. The molecule has 1 heterocycles. The number of sulfonamides is 1. The van der Waals surface area contributed by atoms with Crippen molar-refractivity contribution in [3.63, 3.8) is 0 Å². The normalized spacial score (nSPS) is 18.2. The van der Waals surface area contributed by atoms with Crippen molar-refractivity contribution in [3.05, 3.63) is 33.8 Å². The first-order valence-electron chi connectivity index (χ1n) is 8.38. The highest BCUT2D eigenvalue weighted by atomic mass is 35.5. The molecule has 1 atom stereocenters. The lowest BCUT2D eigenvalue weighted by atomic mass is 10.2. The van der Waals surface area contributed by atoms with E-state index in [1.807, 2.05) is 0 Å². The second-order valence-corrected chi connectivity index (χ2v) is 9.90. The fourth-order valence-electron chi connectivity index (χ4n) is 2.74. The maximum absolute atomic E-state index is 12.4. The number of carbonyl (C=O) groups excluding carboxylic acids is 1. The van der Waals surface area contributed by atoms with Crippen molar-refractivity contribution in [3.8, 4) is 0 Å². The van der Waals surface area contributed by atoms with Crippen LogP contribution in [0.1, 0.15) is 39.2 Å². The summed E-state index contributed by atoms with van der Waals surface area (Å²) in [6.45, 7) is 6.07. The molecule has 9 heteroatoms. The summed E-state index contributed by atoms with van der Waals surface area (Å²) in [7, 11) is -3.65. The van der Waals surface area contributed by atoms with Gasteiger partial charge in [-0.1, -0.05) is 29.3 Å². The van der Waals surface area contributed by atoms with Crippen LogP contribution in [0.3, 0.4) is 0 Å². The summed E-state index contributed by atoms with van der Waals surface area (Å²) in [6, 6.07) is 4.62. The minimum absolute atomic E-state index is 0.129. The van der Waals surface area contributed by atoms with Crippen molar-refractivity contribution < 1.29 is 17.9 Å². The van der Waals surface area contributed by atoms with Gasteiger partial charge in [-0.05, 0) is 45.7 Å². The van der Waals surface area contributed by atoms with E-state index in [2.05, 4.69) is 4.72 Å². The number of hydrogen-bond donors (Lipinski definition) is 1. The Morgan fingerprint density at radius 1 is 1.31 bits per heavy atom. The van der Waals surface area contributed by atoms with Crippen molar-refractivity contribution in [1.29, 1.82) is 0 Å². The van der Waals surface area contributed by atoms with Crippen molar-refractivity contribution in [2.45, 2.75) is 51.0 Å². The third-order valence-corrected chi connectivity index (χ3v) is 5.92. The molecule has 1 aromatic rings. The summed E-state index contributed by atoms with van der Waals surface area (Å²) >= 11 is 12.1. The zero-order valence-electron chi connectivity index (χ0n) is 15.1. The van der Waals surface area contributed by atoms with Crippen LogP contribution in [0.2, 0.25) is 10.0 Å². The van der Waals surface area contributed by atoms with E-state index in [1.54, 1.807) is 43.9 Å². The highest BCUT2D eigenvalue weighted by Gasteiger charge is 2.32. The highest BCUT2D eigenvalue weighted by Crippen LogP contribution is 2.26. The fraction of sp³-hybridized carbons (Fsp3) is 0.588. The van der Waals surface area contributed by atoms with Crippen molar-refractivity contribution >= 4 is 39.3 Å². The number of benzene rings is 1. The average molecular weight is 423 g/mol. The first-order chi connectivity index (χ1) is 12.0. The predicted molar refractivity (Wildman–Crippen MR) is 103 cm³/mol. The zero-order chi connectivity index (χ0) is 19.5. The number of hydrogen-bond acceptors (Lipinski definition) is 4. The van der Waals surface area contributed by atoms with Crippen LogP contribution in [0.25, 0.3) is 0 Å². The van der Waals surface area contributed by atoms with Gasteiger partial charge in [0.2, 0.25) is 10.0 Å². The second kappa shape index (κ2) is 8.33. The molecule has 0 saturated carbocycles. The van der Waals surface area contributed by atoms with Gasteiger partial charge in [0.05, 0.1) is 5.75 Å². The summed E-state index contributed by atoms with van der Waals surface area (Å²) < 4.78 is 32.7. The Hall–Kier alpha value is -1.02. The van der Waals surface area contributed by atoms with Gasteiger partial charge in [-0.15, -0.1) is 0 Å². The molecule has 146 valence electrons. The molecule has 0 radical (unpaired) electrons. The Morgan fingerprint density at radius 2 is 1.92 bits per heavy atom. The Bertz CT molecular complexity index is 742. The molecule has 1 aromatic carbocycles. The van der Waals surface area contributed by atoms with Crippen LogP contribution in [0.15, 0.2) is 18.2 Å². The number of ether oxygens (including phenoxy) is 1. The standard InChI is InChI=1S/C17H24Cl2N2O4S/c1-17(2,3)25-16(22)21-9-5-6-12(21)10-20-26(23,24)11-13-14(18)7-4-8-15(13)19/h4,7-8,12,20H,5-6,9-11H2,1-3H3/t12-/m1/s1. The number of rotatable bonds is 5. The molecule has 0 unspecified atom stereocenters. The quantitative estimate of drug-likeness (QED) is 0.782. The molecular formula is C17H24Cl2N2O4S. The monoisotopic (exact) mass is 422 g/mol. The predicted octanol–water partition coefficient (Wildman–Crippen LogP) is 3.81. The molecule has 1 N–H and O–H groups in total. The Labute approximate surface area is 164 Å². The Balaban J connectivity index is 1.99. The zero-order valence-corrected chi connectivity index (χ0v) is 17.4. The lowest BCUT2D eigenvalue weighted by molar-refractivity contribution is 0.0229. The molecule has 1 aliphatic rings. The molecule has 0 bridgehead atoms. The van der Waals surface area contributed by atoms with Gasteiger partial charge < -0.3 is 9.64 Å². The molecule has 1 fully saturated rings. The number of nitrogens with one attached hydrogen (secondary N) is 1. The second-order valence-electron chi connectivity index (χ2n) is 7.28. The molecule has 6 nitrogen and oxygen atoms in total. The first kappa shape index (κ1) is 21.3. The van der Waals surface area contributed by atoms with Gasteiger partial charge in [-0.3, -0.25) is 0 Å². The van der Waals surface area contributed by atoms with Gasteiger partial charge in [-0.2, -0.15) is 0 Å². The number of carbonyl (C=O) groups is 1. The van der Waals surface area contributed by atoms with Crippen LogP contribution >= 0.6 is 23.2 Å². The number of halogens is 2. The van der Waals surface area contributed by atoms with Crippen LogP contribution in [0.5, 0.6) is 0 Å². The maximum atomic E-state index is 12.4. The number of amides is 1. The number of nitrogens with zero attached hydrogens (tertiary/aromatic N) is 1. The van der Waals surface area contributed by atoms with Crippen molar-refractivity contribution in [2.75, 3.05) is 13.1 Å². The van der Waals surface area contributed by atoms with Gasteiger partial charge in [0.25, 0.3) is 0 Å². The molecule has 0 spiro atoms. The summed E-state index contributed by atoms with van der Waals surface area (Å²) in [5.74, 6) is -0.315. The van der Waals surface area contributed by atoms with Crippen LogP contribution in [0, 0.1) is 0 Å². The molecular weight excluding hydrogens is 399 g/mol. The third-order valence-electron chi connectivity index (χ3n) is 3.94. The molecule has 26 heavy (non-hydrogen) atoms. The van der Waals surface area contributed by atoms with Crippen molar-refractivity contribution in [1.82, 2.24) is 9.62 Å². The van der Waals surface area contributed by atoms with Crippen molar-refractivity contribution in [2.24, 2.45) is 0 Å². The van der Waals surface area contributed by atoms with E-state index in [-0.39, 0.29) is 18.3 Å². The molecule has 0 aliphatic carbocycles. The molecule has 1 aliphatic heterocycles. The summed E-state index contributed by atoms with van der Waals surface area (Å²) in [5, 5.41) is 0.609. The van der Waals surface area contributed by atoms with E-state index in [0.29, 0.717) is 28.6 Å². The average Bonchev–Trinajstić information content (AvgIpc) is 2.96. The van der Waals surface area contributed by atoms with Gasteiger partial charge in [0.1, 0.15) is 5.60 Å². The lowest BCUT2D eigenvalue weighted by Crippen LogP contribution is -2.45. The van der Waals surface area contributed by atoms with E-state index in [4.69, 9.17) is 27.9 Å². The van der Waals surface area contributed by atoms with E-state index >= 15 is 0 Å². The minimum atomic E-state index is -3.65. The van der Waals surface area contributed by atoms with E-state index in [0.717, 1.165) is 6.42 Å². The van der Waals surface area contributed by atoms with Gasteiger partial charge in [-0.25, -0.2) is 17.9 Å². The van der Waals surface area contributed by atoms with Gasteiger partial charge in [0, 0.05) is 34.7 Å². The lowest BCUT2D eigenvalue weighted by Gasteiger charge is -2.28. The van der Waals surface area contributed by atoms with E-state index < -0.39 is 21.7 Å². The summed E-state index contributed by atoms with van der Waals surface area (Å²) in [4.78, 5) is 13.8. The highest BCUT2D eigenvalue weighted by molar-refractivity contribution is 7.88. The SMILES string of the molecule is CC(C)(C)OC(=O)N1CCC[C@@H]1CNS(=O)(=O)Cc1c(Cl)cccc1Cl. The van der Waals surface area contributed by atoms with Crippen LogP contribution < -0.4 is 4.72 Å². The largest absolute Gasteiger partial charge is 0.444 e. The smallest absolute Gasteiger partial charge is 0.410 e. The van der Waals surface area contributed by atoms with Crippen LogP contribution in [0.4, 0.5) is 4.79 Å². The Morgan fingerprint density at radius 3 is 2.50 bits per heavy atom. The Kier molecular flexibility index (Phi) is 6.82. The number of likely N-dealkylation sites (tertiary alicyclic amines) is 1. The minimum Gasteiger partial charge on any atom is -0.444 e. The van der Waals surface area contributed by atoms with E-state index in [9.17, 15) is 13.2 Å². The van der Waals surface area contributed by atoms with Crippen LogP contribution in [-0.4, -0.2) is 44.1 Å². The fourth-order valence-corrected chi connectivity index (χ4v) is 4.67.